The van der Waals surface area contributed by atoms with Crippen LogP contribution in [0.5, 0.6) is 5.75 Å². The lowest BCUT2D eigenvalue weighted by Gasteiger charge is -2.48. The van der Waals surface area contributed by atoms with Gasteiger partial charge in [-0.05, 0) is 63.4 Å². The lowest BCUT2D eigenvalue weighted by atomic mass is 9.82. The first-order valence-corrected chi connectivity index (χ1v) is 11.2. The number of fused-ring (bicyclic) bond motifs is 2. The van der Waals surface area contributed by atoms with Crippen molar-refractivity contribution < 1.29 is 14.3 Å². The van der Waals surface area contributed by atoms with Crippen molar-refractivity contribution in [2.24, 2.45) is 5.73 Å². The fourth-order valence-electron chi connectivity index (χ4n) is 4.89. The van der Waals surface area contributed by atoms with Crippen molar-refractivity contribution in [3.05, 3.63) is 23.8 Å². The van der Waals surface area contributed by atoms with Gasteiger partial charge in [-0.3, -0.25) is 10.2 Å². The summed E-state index contributed by atoms with van der Waals surface area (Å²) < 4.78 is 11.2. The van der Waals surface area contributed by atoms with Crippen molar-refractivity contribution in [3.63, 3.8) is 0 Å². The Kier molecular flexibility index (Phi) is 8.19. The molecule has 0 saturated carbocycles. The number of aryl methyl sites for hydroxylation is 1. The topological polar surface area (TPSA) is 76.8 Å². The second-order valence-electron chi connectivity index (χ2n) is 8.51. The standard InChI is InChI=1S/C23H37N3O3/c1-17-10-11-22(28-2)21(14-17)25-23(27)29-20-15-18-8-7-9-19(16-20)26(18)13-6-4-3-5-12-24/h10-11,14,18-20H,3-9,12-13,15-16,24H2,1-2H3,(H,25,27)/t18-,19-/m0/s1. The van der Waals surface area contributed by atoms with Crippen LogP contribution in [-0.2, 0) is 4.74 Å². The second kappa shape index (κ2) is 10.8. The van der Waals surface area contributed by atoms with E-state index in [1.54, 1.807) is 7.11 Å². The molecule has 6 nitrogen and oxygen atoms in total. The lowest BCUT2D eigenvalue weighted by molar-refractivity contribution is -0.0308. The Bertz CT molecular complexity index is 653. The summed E-state index contributed by atoms with van der Waals surface area (Å²) in [5, 5.41) is 2.87. The highest BCUT2D eigenvalue weighted by Gasteiger charge is 2.39. The molecule has 29 heavy (non-hydrogen) atoms. The van der Waals surface area contributed by atoms with Crippen molar-refractivity contribution >= 4 is 11.8 Å². The Labute approximate surface area is 175 Å². The summed E-state index contributed by atoms with van der Waals surface area (Å²) in [5.41, 5.74) is 7.32. The summed E-state index contributed by atoms with van der Waals surface area (Å²) in [6.07, 6.45) is 10.1. The SMILES string of the molecule is COc1ccc(C)cc1NC(=O)OC1C[C@@H]2CCC[C@@H](C1)N2CCCCCCN. The molecule has 2 heterocycles. The maximum Gasteiger partial charge on any atom is 0.412 e. The summed E-state index contributed by atoms with van der Waals surface area (Å²) in [6, 6.07) is 6.82. The number of nitrogens with two attached hydrogens (primary N) is 1. The van der Waals surface area contributed by atoms with E-state index in [0.717, 1.165) is 31.4 Å². The molecule has 2 aliphatic heterocycles. The highest BCUT2D eigenvalue weighted by atomic mass is 16.6. The van der Waals surface area contributed by atoms with Crippen molar-refractivity contribution in [2.45, 2.75) is 82.9 Å². The van der Waals surface area contributed by atoms with Gasteiger partial charge in [-0.25, -0.2) is 4.79 Å². The molecular weight excluding hydrogens is 366 g/mol. The van der Waals surface area contributed by atoms with Crippen molar-refractivity contribution in [1.29, 1.82) is 0 Å². The minimum absolute atomic E-state index is 0.00501. The molecule has 162 valence electrons. The summed E-state index contributed by atoms with van der Waals surface area (Å²) in [5.74, 6) is 0.647. The Morgan fingerprint density at radius 1 is 1.17 bits per heavy atom. The minimum atomic E-state index is -0.382. The predicted molar refractivity (Wildman–Crippen MR) is 117 cm³/mol. The summed E-state index contributed by atoms with van der Waals surface area (Å²) >= 11 is 0. The number of anilines is 1. The number of benzene rings is 1. The van der Waals surface area contributed by atoms with E-state index in [0.29, 0.717) is 23.5 Å². The van der Waals surface area contributed by atoms with Crippen molar-refractivity contribution in [1.82, 2.24) is 4.90 Å². The largest absolute Gasteiger partial charge is 0.495 e. The van der Waals surface area contributed by atoms with E-state index in [4.69, 9.17) is 15.2 Å². The number of rotatable bonds is 9. The van der Waals surface area contributed by atoms with Gasteiger partial charge in [0.2, 0.25) is 0 Å². The highest BCUT2D eigenvalue weighted by molar-refractivity contribution is 5.87. The zero-order chi connectivity index (χ0) is 20.6. The van der Waals surface area contributed by atoms with E-state index in [2.05, 4.69) is 10.2 Å². The van der Waals surface area contributed by atoms with Gasteiger partial charge in [-0.2, -0.15) is 0 Å². The van der Waals surface area contributed by atoms with Crippen LogP contribution in [0.1, 0.15) is 63.4 Å². The van der Waals surface area contributed by atoms with E-state index in [-0.39, 0.29) is 12.2 Å². The maximum atomic E-state index is 12.5. The van der Waals surface area contributed by atoms with Gasteiger partial charge in [-0.15, -0.1) is 0 Å². The minimum Gasteiger partial charge on any atom is -0.495 e. The number of hydrogen-bond donors (Lipinski definition) is 2. The Balaban J connectivity index is 1.50. The molecule has 0 aliphatic carbocycles. The number of hydrogen-bond acceptors (Lipinski definition) is 5. The van der Waals surface area contributed by atoms with E-state index < -0.39 is 0 Å². The molecule has 0 aromatic heterocycles. The van der Waals surface area contributed by atoms with E-state index in [1.807, 2.05) is 25.1 Å². The molecule has 3 rings (SSSR count). The number of methoxy groups -OCH3 is 1. The van der Waals surface area contributed by atoms with E-state index in [9.17, 15) is 4.79 Å². The molecular formula is C23H37N3O3. The molecule has 0 radical (unpaired) electrons. The van der Waals surface area contributed by atoms with Crippen LogP contribution < -0.4 is 15.8 Å². The molecule has 2 saturated heterocycles. The first-order valence-electron chi connectivity index (χ1n) is 11.2. The van der Waals surface area contributed by atoms with Crippen LogP contribution in [0.3, 0.4) is 0 Å². The Morgan fingerprint density at radius 2 is 1.90 bits per heavy atom. The molecule has 2 bridgehead atoms. The summed E-state index contributed by atoms with van der Waals surface area (Å²) in [7, 11) is 1.61. The molecule has 2 aliphatic rings. The monoisotopic (exact) mass is 403 g/mol. The number of carbonyl (C=O) groups is 1. The normalized spacial score (nSPS) is 24.2. The first kappa shape index (κ1) is 21.9. The molecule has 2 atom stereocenters. The Hall–Kier alpha value is -1.79. The third-order valence-corrected chi connectivity index (χ3v) is 6.32. The number of unbranched alkanes of at least 4 members (excludes halogenated alkanes) is 3. The molecule has 3 N–H and O–H groups in total. The van der Waals surface area contributed by atoms with Crippen LogP contribution in [0.2, 0.25) is 0 Å². The van der Waals surface area contributed by atoms with Gasteiger partial charge in [0.15, 0.2) is 0 Å². The van der Waals surface area contributed by atoms with Crippen LogP contribution >= 0.6 is 0 Å². The number of piperidine rings is 2. The van der Waals surface area contributed by atoms with Crippen molar-refractivity contribution in [2.75, 3.05) is 25.5 Å². The van der Waals surface area contributed by atoms with Gasteiger partial charge in [0.1, 0.15) is 11.9 Å². The average Bonchev–Trinajstić information content (AvgIpc) is 2.68. The van der Waals surface area contributed by atoms with Gasteiger partial charge < -0.3 is 15.2 Å². The van der Waals surface area contributed by atoms with Crippen LogP contribution in [0, 0.1) is 6.92 Å². The molecule has 1 aromatic carbocycles. The van der Waals surface area contributed by atoms with Gasteiger partial charge in [0.05, 0.1) is 12.8 Å². The van der Waals surface area contributed by atoms with Crippen LogP contribution in [0.25, 0.3) is 0 Å². The maximum absolute atomic E-state index is 12.5. The number of amides is 1. The van der Waals surface area contributed by atoms with E-state index in [1.165, 1.54) is 45.1 Å². The third-order valence-electron chi connectivity index (χ3n) is 6.32. The number of ether oxygens (including phenoxy) is 2. The van der Waals surface area contributed by atoms with Crippen molar-refractivity contribution in [3.8, 4) is 5.75 Å². The average molecular weight is 404 g/mol. The number of nitrogens with zero attached hydrogens (tertiary/aromatic N) is 1. The van der Waals surface area contributed by atoms with Gasteiger partial charge >= 0.3 is 6.09 Å². The smallest absolute Gasteiger partial charge is 0.412 e. The molecule has 1 amide bonds. The number of nitrogens with one attached hydrogen (secondary N) is 1. The summed E-state index contributed by atoms with van der Waals surface area (Å²) in [6.45, 7) is 3.95. The quantitative estimate of drug-likeness (QED) is 0.596. The fourth-order valence-corrected chi connectivity index (χ4v) is 4.89. The second-order valence-corrected chi connectivity index (χ2v) is 8.51. The molecule has 2 fully saturated rings. The fraction of sp³-hybridized carbons (Fsp3) is 0.696. The zero-order valence-electron chi connectivity index (χ0n) is 18.0. The first-order chi connectivity index (χ1) is 14.1. The predicted octanol–water partition coefficient (Wildman–Crippen LogP) is 4.46. The highest BCUT2D eigenvalue weighted by Crippen LogP contribution is 2.36. The third kappa shape index (κ3) is 6.09. The molecule has 0 unspecified atom stereocenters. The lowest BCUT2D eigenvalue weighted by Crippen LogP contribution is -2.54. The summed E-state index contributed by atoms with van der Waals surface area (Å²) in [4.78, 5) is 15.2. The van der Waals surface area contributed by atoms with Crippen LogP contribution in [-0.4, -0.2) is 49.4 Å². The molecule has 0 spiro atoms. The Morgan fingerprint density at radius 3 is 2.59 bits per heavy atom. The number of carbonyl (C=O) groups excluding carboxylic acids is 1. The van der Waals surface area contributed by atoms with Gasteiger partial charge in [-0.1, -0.05) is 25.3 Å². The van der Waals surface area contributed by atoms with E-state index >= 15 is 0 Å². The molecule has 6 heteroatoms. The van der Waals surface area contributed by atoms with Crippen LogP contribution in [0.15, 0.2) is 18.2 Å². The van der Waals surface area contributed by atoms with Gasteiger partial charge in [0.25, 0.3) is 0 Å². The van der Waals surface area contributed by atoms with Crippen LogP contribution in [0.4, 0.5) is 10.5 Å². The zero-order valence-corrected chi connectivity index (χ0v) is 18.0. The molecule has 1 aromatic rings. The van der Waals surface area contributed by atoms with Gasteiger partial charge in [0, 0.05) is 24.9 Å².